The van der Waals surface area contributed by atoms with Gasteiger partial charge in [0.05, 0.1) is 12.8 Å². The Labute approximate surface area is 138 Å². The average molecular weight is 342 g/mol. The van der Waals surface area contributed by atoms with Crippen LogP contribution in [0.3, 0.4) is 0 Å². The maximum absolute atomic E-state index is 13.0. The van der Waals surface area contributed by atoms with Crippen LogP contribution in [-0.4, -0.2) is 62.4 Å². The van der Waals surface area contributed by atoms with E-state index in [-0.39, 0.29) is 11.3 Å². The smallest absolute Gasteiger partial charge is 0.246 e. The van der Waals surface area contributed by atoms with E-state index in [0.29, 0.717) is 31.1 Å². The summed E-state index contributed by atoms with van der Waals surface area (Å²) in [6, 6.07) is 0. The number of hydrogen-bond donors (Lipinski definition) is 1. The summed E-state index contributed by atoms with van der Waals surface area (Å²) < 4.78 is 34.6. The van der Waals surface area contributed by atoms with E-state index in [1.165, 1.54) is 6.20 Å². The molecule has 1 atom stereocenters. The maximum atomic E-state index is 13.0. The molecule has 2 saturated heterocycles. The van der Waals surface area contributed by atoms with Gasteiger partial charge in [0, 0.05) is 38.9 Å². The molecular weight excluding hydrogens is 316 g/mol. The molecule has 130 valence electrons. The Morgan fingerprint density at radius 3 is 2.78 bits per heavy atom. The SMILES string of the molecule is CCn1cc(S(=O)(=O)N2CC(COC)C3(CCNCC3)C2)cn1. The zero-order valence-electron chi connectivity index (χ0n) is 13.9. The second kappa shape index (κ2) is 6.51. The number of ether oxygens (including phenoxy) is 1. The van der Waals surface area contributed by atoms with Crippen molar-refractivity contribution in [1.82, 2.24) is 19.4 Å². The Morgan fingerprint density at radius 1 is 1.43 bits per heavy atom. The molecule has 3 rings (SSSR count). The number of aryl methyl sites for hydroxylation is 1. The number of hydrogen-bond acceptors (Lipinski definition) is 5. The predicted molar refractivity (Wildman–Crippen MR) is 86.6 cm³/mol. The Balaban J connectivity index is 1.85. The van der Waals surface area contributed by atoms with Gasteiger partial charge in [0.1, 0.15) is 4.90 Å². The van der Waals surface area contributed by atoms with Gasteiger partial charge in [-0.05, 0) is 38.3 Å². The number of rotatable bonds is 5. The van der Waals surface area contributed by atoms with E-state index >= 15 is 0 Å². The first-order chi connectivity index (χ1) is 11.0. The first-order valence-corrected chi connectivity index (χ1v) is 9.68. The van der Waals surface area contributed by atoms with Gasteiger partial charge < -0.3 is 10.1 Å². The third-order valence-electron chi connectivity index (χ3n) is 5.32. The third kappa shape index (κ3) is 3.05. The quantitative estimate of drug-likeness (QED) is 0.845. The number of piperidine rings is 1. The van der Waals surface area contributed by atoms with E-state index in [2.05, 4.69) is 10.4 Å². The summed E-state index contributed by atoms with van der Waals surface area (Å²) >= 11 is 0. The minimum atomic E-state index is -3.48. The van der Waals surface area contributed by atoms with Gasteiger partial charge in [-0.25, -0.2) is 8.42 Å². The summed E-state index contributed by atoms with van der Waals surface area (Å²) in [7, 11) is -1.79. The van der Waals surface area contributed by atoms with Crippen molar-refractivity contribution in [3.8, 4) is 0 Å². The first kappa shape index (κ1) is 16.9. The molecule has 2 aliphatic heterocycles. The van der Waals surface area contributed by atoms with Gasteiger partial charge in [0.25, 0.3) is 0 Å². The van der Waals surface area contributed by atoms with E-state index in [1.807, 2.05) is 6.92 Å². The van der Waals surface area contributed by atoms with Gasteiger partial charge in [-0.2, -0.15) is 9.40 Å². The van der Waals surface area contributed by atoms with Crippen LogP contribution in [-0.2, 0) is 21.3 Å². The fraction of sp³-hybridized carbons (Fsp3) is 0.800. The average Bonchev–Trinajstić information content (AvgIpc) is 3.15. The summed E-state index contributed by atoms with van der Waals surface area (Å²) in [6.45, 7) is 6.23. The fourth-order valence-corrected chi connectivity index (χ4v) is 5.43. The molecule has 0 aromatic carbocycles. The van der Waals surface area contributed by atoms with E-state index in [0.717, 1.165) is 25.9 Å². The highest BCUT2D eigenvalue weighted by molar-refractivity contribution is 7.89. The van der Waals surface area contributed by atoms with Crippen molar-refractivity contribution >= 4 is 10.0 Å². The van der Waals surface area contributed by atoms with Crippen LogP contribution in [0.2, 0.25) is 0 Å². The largest absolute Gasteiger partial charge is 0.384 e. The second-order valence-corrected chi connectivity index (χ2v) is 8.53. The molecule has 8 heteroatoms. The standard InChI is InChI=1S/C15H26N4O3S/c1-3-18-10-14(8-17-18)23(20,21)19-9-13(11-22-2)15(12-19)4-6-16-7-5-15/h8,10,13,16H,3-7,9,11-12H2,1-2H3. The molecule has 1 unspecified atom stereocenters. The van der Waals surface area contributed by atoms with Crippen molar-refractivity contribution in [1.29, 1.82) is 0 Å². The number of nitrogens with zero attached hydrogens (tertiary/aromatic N) is 3. The zero-order chi connectivity index (χ0) is 16.5. The molecule has 0 bridgehead atoms. The highest BCUT2D eigenvalue weighted by atomic mass is 32.2. The molecule has 0 saturated carbocycles. The highest BCUT2D eigenvalue weighted by Crippen LogP contribution is 2.45. The van der Waals surface area contributed by atoms with Gasteiger partial charge >= 0.3 is 0 Å². The topological polar surface area (TPSA) is 76.5 Å². The molecule has 23 heavy (non-hydrogen) atoms. The summed E-state index contributed by atoms with van der Waals surface area (Å²) in [4.78, 5) is 0.293. The summed E-state index contributed by atoms with van der Waals surface area (Å²) in [5.41, 5.74) is 0.0368. The third-order valence-corrected chi connectivity index (χ3v) is 7.08. The fourth-order valence-electron chi connectivity index (χ4n) is 3.89. The van der Waals surface area contributed by atoms with Crippen LogP contribution in [0.25, 0.3) is 0 Å². The van der Waals surface area contributed by atoms with Crippen molar-refractivity contribution in [2.24, 2.45) is 11.3 Å². The zero-order valence-corrected chi connectivity index (χ0v) is 14.7. The second-order valence-electron chi connectivity index (χ2n) is 6.59. The molecular formula is C15H26N4O3S. The Kier molecular flexibility index (Phi) is 4.78. The lowest BCUT2D eigenvalue weighted by molar-refractivity contribution is 0.0718. The normalized spacial score (nSPS) is 25.2. The molecule has 2 aliphatic rings. The lowest BCUT2D eigenvalue weighted by Gasteiger charge is -2.38. The Morgan fingerprint density at radius 2 is 2.17 bits per heavy atom. The number of nitrogens with one attached hydrogen (secondary N) is 1. The minimum Gasteiger partial charge on any atom is -0.384 e. The van der Waals surface area contributed by atoms with Crippen LogP contribution >= 0.6 is 0 Å². The van der Waals surface area contributed by atoms with Crippen LogP contribution in [0.5, 0.6) is 0 Å². The minimum absolute atomic E-state index is 0.0368. The molecule has 3 heterocycles. The number of aromatic nitrogens is 2. The van der Waals surface area contributed by atoms with Gasteiger partial charge in [-0.3, -0.25) is 4.68 Å². The molecule has 0 radical (unpaired) electrons. The summed E-state index contributed by atoms with van der Waals surface area (Å²) in [5.74, 6) is 0.255. The van der Waals surface area contributed by atoms with Crippen molar-refractivity contribution in [3.63, 3.8) is 0 Å². The molecule has 0 amide bonds. The van der Waals surface area contributed by atoms with Crippen molar-refractivity contribution in [3.05, 3.63) is 12.4 Å². The molecule has 1 spiro atoms. The summed E-state index contributed by atoms with van der Waals surface area (Å²) in [6.07, 6.45) is 5.08. The number of sulfonamides is 1. The first-order valence-electron chi connectivity index (χ1n) is 8.24. The van der Waals surface area contributed by atoms with Crippen molar-refractivity contribution in [2.45, 2.75) is 31.2 Å². The molecule has 2 fully saturated rings. The molecule has 7 nitrogen and oxygen atoms in total. The van der Waals surface area contributed by atoms with E-state index < -0.39 is 10.0 Å². The van der Waals surface area contributed by atoms with Crippen LogP contribution in [0.4, 0.5) is 0 Å². The highest BCUT2D eigenvalue weighted by Gasteiger charge is 2.50. The lowest BCUT2D eigenvalue weighted by atomic mass is 9.71. The van der Waals surface area contributed by atoms with E-state index in [9.17, 15) is 8.42 Å². The molecule has 1 aromatic heterocycles. The lowest BCUT2D eigenvalue weighted by Crippen LogP contribution is -2.43. The van der Waals surface area contributed by atoms with Gasteiger partial charge in [0.2, 0.25) is 10.0 Å². The van der Waals surface area contributed by atoms with Crippen LogP contribution in [0.1, 0.15) is 19.8 Å². The maximum Gasteiger partial charge on any atom is 0.246 e. The monoisotopic (exact) mass is 342 g/mol. The van der Waals surface area contributed by atoms with E-state index in [1.54, 1.807) is 22.3 Å². The molecule has 1 N–H and O–H groups in total. The van der Waals surface area contributed by atoms with Crippen LogP contribution < -0.4 is 5.32 Å². The predicted octanol–water partition coefficient (Wildman–Crippen LogP) is 0.540. The molecule has 0 aliphatic carbocycles. The van der Waals surface area contributed by atoms with Crippen LogP contribution in [0.15, 0.2) is 17.3 Å². The van der Waals surface area contributed by atoms with Gasteiger partial charge in [-0.15, -0.1) is 0 Å². The Bertz CT molecular complexity index is 637. The van der Waals surface area contributed by atoms with Gasteiger partial charge in [0.15, 0.2) is 0 Å². The van der Waals surface area contributed by atoms with Crippen LogP contribution in [0, 0.1) is 11.3 Å². The molecule has 1 aromatic rings. The van der Waals surface area contributed by atoms with Crippen molar-refractivity contribution < 1.29 is 13.2 Å². The van der Waals surface area contributed by atoms with Gasteiger partial charge in [-0.1, -0.05) is 0 Å². The summed E-state index contributed by atoms with van der Waals surface area (Å²) in [5, 5.41) is 7.48. The Hall–Kier alpha value is -0.960. The van der Waals surface area contributed by atoms with E-state index in [4.69, 9.17) is 4.74 Å². The van der Waals surface area contributed by atoms with Crippen molar-refractivity contribution in [2.75, 3.05) is 39.9 Å². The number of methoxy groups -OCH3 is 1.